The molecule has 0 bridgehead atoms. The SMILES string of the molecule is Cc1cc(F)c(C2=CCOC2)c(F)c1. The average Bonchev–Trinajstić information content (AvgIpc) is 2.54. The first-order valence-electron chi connectivity index (χ1n) is 4.41. The highest BCUT2D eigenvalue weighted by Crippen LogP contribution is 2.25. The Bertz CT molecular complexity index is 373. The third-order valence-electron chi connectivity index (χ3n) is 2.21. The fourth-order valence-electron chi connectivity index (χ4n) is 1.57. The second kappa shape index (κ2) is 3.50. The van der Waals surface area contributed by atoms with Crippen molar-refractivity contribution in [3.63, 3.8) is 0 Å². The maximum absolute atomic E-state index is 13.4. The third-order valence-corrected chi connectivity index (χ3v) is 2.21. The van der Waals surface area contributed by atoms with Crippen molar-refractivity contribution in [3.8, 4) is 0 Å². The number of aryl methyl sites for hydroxylation is 1. The van der Waals surface area contributed by atoms with Gasteiger partial charge < -0.3 is 4.74 Å². The Kier molecular flexibility index (Phi) is 2.33. The second-order valence-electron chi connectivity index (χ2n) is 3.35. The van der Waals surface area contributed by atoms with Crippen LogP contribution in [0, 0.1) is 18.6 Å². The van der Waals surface area contributed by atoms with Gasteiger partial charge in [0.25, 0.3) is 0 Å². The van der Waals surface area contributed by atoms with E-state index in [9.17, 15) is 8.78 Å². The molecule has 2 rings (SSSR count). The molecule has 0 saturated heterocycles. The first-order valence-corrected chi connectivity index (χ1v) is 4.41. The van der Waals surface area contributed by atoms with Crippen molar-refractivity contribution in [2.75, 3.05) is 13.2 Å². The van der Waals surface area contributed by atoms with Crippen LogP contribution in [0.5, 0.6) is 0 Å². The summed E-state index contributed by atoms with van der Waals surface area (Å²) in [5, 5.41) is 0. The Balaban J connectivity index is 2.52. The van der Waals surface area contributed by atoms with Crippen LogP contribution in [-0.2, 0) is 4.74 Å². The van der Waals surface area contributed by atoms with Crippen LogP contribution in [0.3, 0.4) is 0 Å². The van der Waals surface area contributed by atoms with Crippen LogP contribution < -0.4 is 0 Å². The zero-order valence-corrected chi connectivity index (χ0v) is 7.81. The predicted molar refractivity (Wildman–Crippen MR) is 49.9 cm³/mol. The Morgan fingerprint density at radius 2 is 1.86 bits per heavy atom. The molecular formula is C11H10F2O. The number of rotatable bonds is 1. The molecule has 1 aromatic carbocycles. The molecule has 1 aliphatic heterocycles. The van der Waals surface area contributed by atoms with Crippen molar-refractivity contribution >= 4 is 5.57 Å². The minimum Gasteiger partial charge on any atom is -0.373 e. The molecule has 3 heteroatoms. The second-order valence-corrected chi connectivity index (χ2v) is 3.35. The van der Waals surface area contributed by atoms with Gasteiger partial charge >= 0.3 is 0 Å². The van der Waals surface area contributed by atoms with Gasteiger partial charge in [0, 0.05) is 0 Å². The zero-order chi connectivity index (χ0) is 10.1. The molecule has 0 spiro atoms. The first-order chi connectivity index (χ1) is 6.68. The van der Waals surface area contributed by atoms with Crippen molar-refractivity contribution in [3.05, 3.63) is 41.0 Å². The van der Waals surface area contributed by atoms with Gasteiger partial charge in [0.15, 0.2) is 0 Å². The molecule has 1 heterocycles. The fourth-order valence-corrected chi connectivity index (χ4v) is 1.57. The Labute approximate surface area is 81.0 Å². The highest BCUT2D eigenvalue weighted by Gasteiger charge is 2.16. The number of hydrogen-bond acceptors (Lipinski definition) is 1. The van der Waals surface area contributed by atoms with E-state index in [2.05, 4.69) is 0 Å². The standard InChI is InChI=1S/C11H10F2O/c1-7-4-9(12)11(10(13)5-7)8-2-3-14-6-8/h2,4-5H,3,6H2,1H3. The van der Waals surface area contributed by atoms with Crippen LogP contribution in [-0.4, -0.2) is 13.2 Å². The van der Waals surface area contributed by atoms with E-state index in [1.807, 2.05) is 0 Å². The summed E-state index contributed by atoms with van der Waals surface area (Å²) in [4.78, 5) is 0. The first kappa shape index (κ1) is 9.34. The van der Waals surface area contributed by atoms with Crippen molar-refractivity contribution in [2.24, 2.45) is 0 Å². The predicted octanol–water partition coefficient (Wildman–Crippen LogP) is 2.69. The fraction of sp³-hybridized carbons (Fsp3) is 0.273. The van der Waals surface area contributed by atoms with Gasteiger partial charge in [-0.25, -0.2) is 8.78 Å². The van der Waals surface area contributed by atoms with Crippen LogP contribution in [0.15, 0.2) is 18.2 Å². The van der Waals surface area contributed by atoms with Crippen molar-refractivity contribution < 1.29 is 13.5 Å². The molecule has 1 aromatic rings. The van der Waals surface area contributed by atoms with Crippen LogP contribution in [0.1, 0.15) is 11.1 Å². The minimum atomic E-state index is -0.515. The van der Waals surface area contributed by atoms with E-state index in [-0.39, 0.29) is 12.2 Å². The van der Waals surface area contributed by atoms with Gasteiger partial charge in [0.05, 0.1) is 18.8 Å². The van der Waals surface area contributed by atoms with Gasteiger partial charge in [-0.05, 0) is 30.2 Å². The van der Waals surface area contributed by atoms with E-state index in [0.29, 0.717) is 17.7 Å². The Morgan fingerprint density at radius 3 is 2.36 bits per heavy atom. The van der Waals surface area contributed by atoms with Crippen LogP contribution in [0.2, 0.25) is 0 Å². The summed E-state index contributed by atoms with van der Waals surface area (Å²) in [6.45, 7) is 2.38. The molecule has 0 unspecified atom stereocenters. The van der Waals surface area contributed by atoms with Crippen molar-refractivity contribution in [1.82, 2.24) is 0 Å². The van der Waals surface area contributed by atoms with E-state index in [1.165, 1.54) is 12.1 Å². The molecule has 0 N–H and O–H groups in total. The number of halogens is 2. The van der Waals surface area contributed by atoms with Crippen LogP contribution in [0.25, 0.3) is 5.57 Å². The molecule has 74 valence electrons. The van der Waals surface area contributed by atoms with E-state index in [0.717, 1.165) is 0 Å². The maximum Gasteiger partial charge on any atom is 0.133 e. The molecule has 0 amide bonds. The topological polar surface area (TPSA) is 9.23 Å². The van der Waals surface area contributed by atoms with Crippen LogP contribution >= 0.6 is 0 Å². The summed E-state index contributed by atoms with van der Waals surface area (Å²) in [6.07, 6.45) is 1.71. The largest absolute Gasteiger partial charge is 0.373 e. The quantitative estimate of drug-likeness (QED) is 0.671. The molecule has 0 aromatic heterocycles. The molecule has 1 nitrogen and oxygen atoms in total. The molecule has 0 atom stereocenters. The summed E-state index contributed by atoms with van der Waals surface area (Å²) in [5.41, 5.74) is 1.23. The lowest BCUT2D eigenvalue weighted by Gasteiger charge is -2.06. The highest BCUT2D eigenvalue weighted by atomic mass is 19.1. The lowest BCUT2D eigenvalue weighted by Crippen LogP contribution is -1.97. The van der Waals surface area contributed by atoms with Gasteiger partial charge in [-0.3, -0.25) is 0 Å². The summed E-state index contributed by atoms with van der Waals surface area (Å²) in [6, 6.07) is 2.66. The van der Waals surface area contributed by atoms with Gasteiger partial charge in [-0.1, -0.05) is 6.08 Å². The van der Waals surface area contributed by atoms with E-state index in [4.69, 9.17) is 4.74 Å². The molecule has 0 radical (unpaired) electrons. The zero-order valence-electron chi connectivity index (χ0n) is 7.81. The number of hydrogen-bond donors (Lipinski definition) is 0. The molecule has 0 fully saturated rings. The Hall–Kier alpha value is -1.22. The van der Waals surface area contributed by atoms with E-state index < -0.39 is 11.6 Å². The van der Waals surface area contributed by atoms with Gasteiger partial charge in [-0.2, -0.15) is 0 Å². The maximum atomic E-state index is 13.4. The van der Waals surface area contributed by atoms with Gasteiger partial charge in [0.1, 0.15) is 11.6 Å². The monoisotopic (exact) mass is 196 g/mol. The normalized spacial score (nSPS) is 15.8. The smallest absolute Gasteiger partial charge is 0.133 e. The van der Waals surface area contributed by atoms with Crippen molar-refractivity contribution in [2.45, 2.75) is 6.92 Å². The molecule has 0 aliphatic carbocycles. The third kappa shape index (κ3) is 1.55. The molecule has 1 aliphatic rings. The highest BCUT2D eigenvalue weighted by molar-refractivity contribution is 5.68. The summed E-state index contributed by atoms with van der Waals surface area (Å²) in [7, 11) is 0. The van der Waals surface area contributed by atoms with Crippen LogP contribution in [0.4, 0.5) is 8.78 Å². The summed E-state index contributed by atoms with van der Waals surface area (Å²) in [5.74, 6) is -1.03. The summed E-state index contributed by atoms with van der Waals surface area (Å²) < 4.78 is 31.9. The molecular weight excluding hydrogens is 186 g/mol. The summed E-state index contributed by atoms with van der Waals surface area (Å²) >= 11 is 0. The average molecular weight is 196 g/mol. The molecule has 0 saturated carbocycles. The lowest BCUT2D eigenvalue weighted by atomic mass is 10.0. The lowest BCUT2D eigenvalue weighted by molar-refractivity contribution is 0.215. The minimum absolute atomic E-state index is 0.0492. The van der Waals surface area contributed by atoms with Crippen molar-refractivity contribution in [1.29, 1.82) is 0 Å². The number of ether oxygens (including phenoxy) is 1. The number of benzene rings is 1. The Morgan fingerprint density at radius 1 is 1.21 bits per heavy atom. The van der Waals surface area contributed by atoms with Gasteiger partial charge in [-0.15, -0.1) is 0 Å². The van der Waals surface area contributed by atoms with E-state index in [1.54, 1.807) is 13.0 Å². The van der Waals surface area contributed by atoms with E-state index >= 15 is 0 Å². The van der Waals surface area contributed by atoms with Gasteiger partial charge in [0.2, 0.25) is 0 Å². The molecule has 14 heavy (non-hydrogen) atoms.